The second-order valence-electron chi connectivity index (χ2n) is 5.40. The van der Waals surface area contributed by atoms with Crippen LogP contribution in [-0.2, 0) is 14.3 Å². The molecule has 3 aromatic rings. The fraction of sp³-hybridized carbons (Fsp3) is 0.105. The van der Waals surface area contributed by atoms with Crippen LogP contribution in [-0.4, -0.2) is 23.0 Å². The number of rotatable bonds is 5. The monoisotopic (exact) mass is 386 g/mol. The van der Waals surface area contributed by atoms with E-state index in [9.17, 15) is 9.59 Å². The van der Waals surface area contributed by atoms with E-state index in [2.05, 4.69) is 10.3 Å². The van der Waals surface area contributed by atoms with Crippen molar-refractivity contribution in [3.8, 4) is 0 Å². The summed E-state index contributed by atoms with van der Waals surface area (Å²) in [6, 6.07) is 14.5. The molecule has 0 saturated carbocycles. The van der Waals surface area contributed by atoms with Crippen molar-refractivity contribution in [3.63, 3.8) is 0 Å². The summed E-state index contributed by atoms with van der Waals surface area (Å²) in [5.74, 6) is -1.08. The summed E-state index contributed by atoms with van der Waals surface area (Å²) in [5, 5.41) is 3.73. The zero-order valence-electron chi connectivity index (χ0n) is 13.8. The molecule has 3 rings (SSSR count). The van der Waals surface area contributed by atoms with Crippen molar-refractivity contribution in [2.24, 2.45) is 0 Å². The molecular weight excluding hydrogens is 372 g/mol. The van der Waals surface area contributed by atoms with E-state index >= 15 is 0 Å². The molecule has 1 N–H and O–H groups in total. The van der Waals surface area contributed by atoms with Crippen LogP contribution in [0.1, 0.15) is 11.9 Å². The summed E-state index contributed by atoms with van der Waals surface area (Å²) in [7, 11) is 0. The van der Waals surface area contributed by atoms with Crippen LogP contribution in [0.4, 0.5) is 5.69 Å². The Morgan fingerprint density at radius 2 is 1.92 bits per heavy atom. The predicted octanol–water partition coefficient (Wildman–Crippen LogP) is 4.53. The van der Waals surface area contributed by atoms with E-state index in [1.807, 2.05) is 24.3 Å². The molecule has 0 fully saturated rings. The second kappa shape index (κ2) is 8.12. The maximum atomic E-state index is 12.1. The Balaban J connectivity index is 1.58. The predicted molar refractivity (Wildman–Crippen MR) is 104 cm³/mol. The van der Waals surface area contributed by atoms with Gasteiger partial charge in [0.25, 0.3) is 5.91 Å². The van der Waals surface area contributed by atoms with E-state index in [0.717, 1.165) is 10.2 Å². The lowest BCUT2D eigenvalue weighted by Gasteiger charge is -2.13. The summed E-state index contributed by atoms with van der Waals surface area (Å²) in [4.78, 5) is 28.4. The van der Waals surface area contributed by atoms with Gasteiger partial charge < -0.3 is 10.1 Å². The number of benzene rings is 2. The van der Waals surface area contributed by atoms with Gasteiger partial charge in [0, 0.05) is 6.08 Å². The minimum Gasteiger partial charge on any atom is -0.449 e. The van der Waals surface area contributed by atoms with Gasteiger partial charge in [0.2, 0.25) is 0 Å². The summed E-state index contributed by atoms with van der Waals surface area (Å²) in [6.07, 6.45) is 1.88. The molecular formula is C19H15ClN2O3S. The lowest BCUT2D eigenvalue weighted by molar-refractivity contribution is -0.148. The van der Waals surface area contributed by atoms with Gasteiger partial charge in [-0.2, -0.15) is 0 Å². The van der Waals surface area contributed by atoms with E-state index in [1.165, 1.54) is 24.3 Å². The zero-order chi connectivity index (χ0) is 18.5. The van der Waals surface area contributed by atoms with Crippen LogP contribution in [0.2, 0.25) is 5.02 Å². The molecule has 0 aliphatic rings. The Morgan fingerprint density at radius 1 is 1.19 bits per heavy atom. The topological polar surface area (TPSA) is 68.3 Å². The first-order valence-corrected chi connectivity index (χ1v) is 9.02. The minimum atomic E-state index is -0.959. The largest absolute Gasteiger partial charge is 0.449 e. The van der Waals surface area contributed by atoms with E-state index in [4.69, 9.17) is 16.3 Å². The van der Waals surface area contributed by atoms with Crippen LogP contribution in [0.25, 0.3) is 16.3 Å². The number of thiazole rings is 1. The Bertz CT molecular complexity index is 951. The normalized spacial score (nSPS) is 12.2. The summed E-state index contributed by atoms with van der Waals surface area (Å²) >= 11 is 7.46. The van der Waals surface area contributed by atoms with Crippen LogP contribution in [0.15, 0.2) is 54.6 Å². The van der Waals surface area contributed by atoms with Crippen molar-refractivity contribution < 1.29 is 14.3 Å². The highest BCUT2D eigenvalue weighted by Gasteiger charge is 2.17. The van der Waals surface area contributed by atoms with Crippen molar-refractivity contribution in [1.82, 2.24) is 4.98 Å². The highest BCUT2D eigenvalue weighted by atomic mass is 35.5. The number of amides is 1. The molecule has 1 aromatic heterocycles. The average Bonchev–Trinajstić information content (AvgIpc) is 3.05. The van der Waals surface area contributed by atoms with Gasteiger partial charge in [-0.25, -0.2) is 9.78 Å². The first-order chi connectivity index (χ1) is 12.5. The summed E-state index contributed by atoms with van der Waals surface area (Å²) in [5.41, 5.74) is 1.34. The fourth-order valence-electron chi connectivity index (χ4n) is 2.16. The number of aromatic nitrogens is 1. The van der Waals surface area contributed by atoms with Gasteiger partial charge in [-0.15, -0.1) is 11.3 Å². The number of carbonyl (C=O) groups excluding carboxylic acids is 2. The van der Waals surface area contributed by atoms with Crippen molar-refractivity contribution in [1.29, 1.82) is 0 Å². The third-order valence-electron chi connectivity index (χ3n) is 3.47. The fourth-order valence-corrected chi connectivity index (χ4v) is 3.22. The first-order valence-electron chi connectivity index (χ1n) is 7.82. The molecule has 0 aliphatic heterocycles. The van der Waals surface area contributed by atoms with Gasteiger partial charge in [-0.1, -0.05) is 35.9 Å². The number of nitrogens with one attached hydrogen (secondary N) is 1. The molecule has 0 spiro atoms. The Kier molecular flexibility index (Phi) is 5.65. The lowest BCUT2D eigenvalue weighted by Crippen LogP contribution is -2.29. The number of esters is 1. The molecule has 5 nitrogen and oxygen atoms in total. The molecule has 0 aliphatic carbocycles. The van der Waals surface area contributed by atoms with Gasteiger partial charge in [-0.3, -0.25) is 4.79 Å². The van der Waals surface area contributed by atoms with Crippen LogP contribution in [0, 0.1) is 0 Å². The molecule has 1 atom stereocenters. The molecule has 2 aromatic carbocycles. The third-order valence-corrected chi connectivity index (χ3v) is 4.80. The SMILES string of the molecule is C[C@H](OC(=O)/C=C/c1nc2ccccc2s1)C(=O)Nc1ccccc1Cl. The third kappa shape index (κ3) is 4.47. The average molecular weight is 387 g/mol. The number of hydrogen-bond acceptors (Lipinski definition) is 5. The number of anilines is 1. The highest BCUT2D eigenvalue weighted by molar-refractivity contribution is 7.19. The molecule has 0 radical (unpaired) electrons. The van der Waals surface area contributed by atoms with Crippen LogP contribution < -0.4 is 5.32 Å². The zero-order valence-corrected chi connectivity index (χ0v) is 15.4. The lowest BCUT2D eigenvalue weighted by atomic mass is 10.3. The molecule has 132 valence electrons. The Labute approximate surface area is 159 Å². The first kappa shape index (κ1) is 18.1. The number of hydrogen-bond donors (Lipinski definition) is 1. The highest BCUT2D eigenvalue weighted by Crippen LogP contribution is 2.22. The number of para-hydroxylation sites is 2. The molecule has 0 unspecified atom stereocenters. The van der Waals surface area contributed by atoms with Gasteiger partial charge in [-0.05, 0) is 37.3 Å². The van der Waals surface area contributed by atoms with Gasteiger partial charge in [0.05, 0.1) is 20.9 Å². The smallest absolute Gasteiger partial charge is 0.331 e. The molecule has 0 saturated heterocycles. The Hall–Kier alpha value is -2.70. The van der Waals surface area contributed by atoms with Crippen LogP contribution >= 0.6 is 22.9 Å². The van der Waals surface area contributed by atoms with Crippen molar-refractivity contribution >= 4 is 56.8 Å². The van der Waals surface area contributed by atoms with Crippen LogP contribution in [0.5, 0.6) is 0 Å². The number of ether oxygens (including phenoxy) is 1. The maximum absolute atomic E-state index is 12.1. The van der Waals surface area contributed by atoms with Crippen LogP contribution in [0.3, 0.4) is 0 Å². The summed E-state index contributed by atoms with van der Waals surface area (Å²) < 4.78 is 6.15. The summed E-state index contributed by atoms with van der Waals surface area (Å²) in [6.45, 7) is 1.50. The van der Waals surface area contributed by atoms with Crippen molar-refractivity contribution in [3.05, 3.63) is 64.6 Å². The second-order valence-corrected chi connectivity index (χ2v) is 6.87. The van der Waals surface area contributed by atoms with Gasteiger partial charge in [0.15, 0.2) is 6.10 Å². The van der Waals surface area contributed by atoms with E-state index in [-0.39, 0.29) is 0 Å². The Morgan fingerprint density at radius 3 is 2.69 bits per heavy atom. The number of nitrogens with zero attached hydrogens (tertiary/aromatic N) is 1. The van der Waals surface area contributed by atoms with Gasteiger partial charge >= 0.3 is 5.97 Å². The number of fused-ring (bicyclic) bond motifs is 1. The van der Waals surface area contributed by atoms with Crippen molar-refractivity contribution in [2.45, 2.75) is 13.0 Å². The van der Waals surface area contributed by atoms with Gasteiger partial charge in [0.1, 0.15) is 5.01 Å². The molecule has 1 heterocycles. The minimum absolute atomic E-state index is 0.412. The molecule has 1 amide bonds. The van der Waals surface area contributed by atoms with Crippen molar-refractivity contribution in [2.75, 3.05) is 5.32 Å². The maximum Gasteiger partial charge on any atom is 0.331 e. The van der Waals surface area contributed by atoms with E-state index in [1.54, 1.807) is 30.3 Å². The molecule has 7 heteroatoms. The quantitative estimate of drug-likeness (QED) is 0.516. The standard InChI is InChI=1S/C19H15ClN2O3S/c1-12(19(24)22-14-7-3-2-6-13(14)20)25-18(23)11-10-17-21-15-8-4-5-9-16(15)26-17/h2-12H,1H3,(H,22,24)/b11-10+/t12-/m0/s1. The number of halogens is 1. The molecule has 0 bridgehead atoms. The van der Waals surface area contributed by atoms with E-state index < -0.39 is 18.0 Å². The molecule has 26 heavy (non-hydrogen) atoms. The van der Waals surface area contributed by atoms with E-state index in [0.29, 0.717) is 15.7 Å². The number of carbonyl (C=O) groups is 2.